The van der Waals surface area contributed by atoms with Gasteiger partial charge in [0, 0.05) is 43.2 Å². The van der Waals surface area contributed by atoms with Gasteiger partial charge in [-0.25, -0.2) is 9.78 Å². The third-order valence-electron chi connectivity index (χ3n) is 6.95. The van der Waals surface area contributed by atoms with Crippen LogP contribution in [-0.2, 0) is 22.4 Å². The summed E-state index contributed by atoms with van der Waals surface area (Å²) < 4.78 is 4.92. The molecule has 1 spiro atoms. The van der Waals surface area contributed by atoms with E-state index in [9.17, 15) is 14.7 Å². The van der Waals surface area contributed by atoms with Gasteiger partial charge in [-0.2, -0.15) is 4.98 Å². The molecule has 0 saturated carbocycles. The van der Waals surface area contributed by atoms with E-state index in [0.717, 1.165) is 69.1 Å². The highest BCUT2D eigenvalue weighted by Gasteiger charge is 2.50. The lowest BCUT2D eigenvalue weighted by molar-refractivity contribution is -0.140. The molecule has 0 radical (unpaired) electrons. The summed E-state index contributed by atoms with van der Waals surface area (Å²) in [6.07, 6.45) is 5.40. The first-order valence-corrected chi connectivity index (χ1v) is 11.7. The first-order valence-electron chi connectivity index (χ1n) is 11.7. The molecule has 1 amide bonds. The number of anilines is 2. The van der Waals surface area contributed by atoms with Crippen molar-refractivity contribution in [2.24, 2.45) is 11.3 Å². The number of carbonyl (C=O) groups is 2. The Hall–Kier alpha value is -2.58. The van der Waals surface area contributed by atoms with E-state index in [2.05, 4.69) is 24.1 Å². The molecular formula is C23H35N5O4. The quantitative estimate of drug-likeness (QED) is 0.617. The van der Waals surface area contributed by atoms with Crippen LogP contribution in [0, 0.1) is 11.3 Å². The Morgan fingerprint density at radius 3 is 2.62 bits per heavy atom. The molecule has 2 aliphatic heterocycles. The molecule has 1 aromatic rings. The normalized spacial score (nSPS) is 20.1. The summed E-state index contributed by atoms with van der Waals surface area (Å²) in [5, 5.41) is 12.8. The minimum absolute atomic E-state index is 0.0241. The summed E-state index contributed by atoms with van der Waals surface area (Å²) in [5.74, 6) is 1.78. The molecule has 3 heterocycles. The molecule has 1 aromatic heterocycles. The highest BCUT2D eigenvalue weighted by atomic mass is 16.5. The molecule has 1 atom stereocenters. The lowest BCUT2D eigenvalue weighted by Gasteiger charge is -2.46. The maximum atomic E-state index is 12.0. The molecule has 176 valence electrons. The predicted octanol–water partition coefficient (Wildman–Crippen LogP) is 2.94. The fourth-order valence-electron chi connectivity index (χ4n) is 5.34. The largest absolute Gasteiger partial charge is 0.469 e. The van der Waals surface area contributed by atoms with Gasteiger partial charge in [0.05, 0.1) is 19.2 Å². The van der Waals surface area contributed by atoms with Crippen LogP contribution in [0.1, 0.15) is 57.2 Å². The monoisotopic (exact) mass is 445 g/mol. The predicted molar refractivity (Wildman–Crippen MR) is 121 cm³/mol. The number of likely N-dealkylation sites (tertiary alicyclic amines) is 1. The van der Waals surface area contributed by atoms with Crippen LogP contribution in [0.3, 0.4) is 0 Å². The van der Waals surface area contributed by atoms with Gasteiger partial charge < -0.3 is 25.0 Å². The van der Waals surface area contributed by atoms with Crippen LogP contribution in [0.4, 0.5) is 16.6 Å². The van der Waals surface area contributed by atoms with Gasteiger partial charge in [-0.3, -0.25) is 4.79 Å². The van der Waals surface area contributed by atoms with Crippen LogP contribution in [-0.4, -0.2) is 71.4 Å². The minimum Gasteiger partial charge on any atom is -0.469 e. The number of aromatic nitrogens is 2. The number of esters is 1. The number of methoxy groups -OCH3 is 1. The van der Waals surface area contributed by atoms with Crippen LogP contribution in [0.25, 0.3) is 0 Å². The lowest BCUT2D eigenvalue weighted by Crippen LogP contribution is -2.59. The van der Waals surface area contributed by atoms with Crippen molar-refractivity contribution in [3.8, 4) is 0 Å². The van der Waals surface area contributed by atoms with Crippen LogP contribution in [0.5, 0.6) is 0 Å². The van der Waals surface area contributed by atoms with Gasteiger partial charge >= 0.3 is 12.1 Å². The Morgan fingerprint density at radius 2 is 1.94 bits per heavy atom. The summed E-state index contributed by atoms with van der Waals surface area (Å²) in [7, 11) is 1.43. The van der Waals surface area contributed by atoms with Crippen molar-refractivity contribution < 1.29 is 19.4 Å². The molecule has 32 heavy (non-hydrogen) atoms. The maximum Gasteiger partial charge on any atom is 0.407 e. The van der Waals surface area contributed by atoms with Crippen molar-refractivity contribution in [2.75, 3.05) is 43.5 Å². The average molecular weight is 446 g/mol. The molecule has 0 bridgehead atoms. The number of fused-ring (bicyclic) bond motifs is 1. The van der Waals surface area contributed by atoms with E-state index in [4.69, 9.17) is 14.7 Å². The van der Waals surface area contributed by atoms with Crippen LogP contribution < -0.4 is 10.2 Å². The van der Waals surface area contributed by atoms with Gasteiger partial charge in [0.1, 0.15) is 5.82 Å². The molecule has 2 fully saturated rings. The number of aryl methyl sites for hydroxylation is 1. The number of hydrogen-bond donors (Lipinski definition) is 2. The number of hydrogen-bond acceptors (Lipinski definition) is 7. The van der Waals surface area contributed by atoms with E-state index in [-0.39, 0.29) is 17.4 Å². The van der Waals surface area contributed by atoms with Crippen LogP contribution >= 0.6 is 0 Å². The minimum atomic E-state index is -0.840. The molecule has 0 aromatic carbocycles. The smallest absolute Gasteiger partial charge is 0.407 e. The van der Waals surface area contributed by atoms with Crippen LogP contribution in [0.15, 0.2) is 0 Å². The van der Waals surface area contributed by atoms with E-state index in [1.165, 1.54) is 17.6 Å². The van der Waals surface area contributed by atoms with E-state index >= 15 is 0 Å². The summed E-state index contributed by atoms with van der Waals surface area (Å²) in [5.41, 5.74) is 2.30. The Morgan fingerprint density at radius 1 is 1.19 bits per heavy atom. The standard InChI is InChI=1S/C23H35N5O4/c1-15(2)10-16(11-19(29)32-3)24-20-17-6-4-5-7-18(17)25-21(26-20)27-9-8-23(12-27)13-28(14-23)22(30)31/h15-16H,4-14H2,1-3H3,(H,30,31)(H,24,25,26)/t16-/m0/s1. The molecule has 1 aliphatic carbocycles. The number of ether oxygens (including phenoxy) is 1. The second kappa shape index (κ2) is 9.11. The number of rotatable bonds is 7. The van der Waals surface area contributed by atoms with E-state index in [0.29, 0.717) is 25.4 Å². The van der Waals surface area contributed by atoms with Gasteiger partial charge in [0.15, 0.2) is 0 Å². The van der Waals surface area contributed by atoms with Crippen molar-refractivity contribution in [1.29, 1.82) is 0 Å². The van der Waals surface area contributed by atoms with Gasteiger partial charge in [-0.05, 0) is 44.4 Å². The molecule has 4 rings (SSSR count). The zero-order valence-electron chi connectivity index (χ0n) is 19.4. The third kappa shape index (κ3) is 4.76. The second-order valence-corrected chi connectivity index (χ2v) is 10.1. The Labute approximate surface area is 189 Å². The first-order chi connectivity index (χ1) is 15.3. The van der Waals surface area contributed by atoms with Crippen molar-refractivity contribution in [3.63, 3.8) is 0 Å². The van der Waals surface area contributed by atoms with Crippen molar-refractivity contribution >= 4 is 23.8 Å². The molecule has 9 heteroatoms. The third-order valence-corrected chi connectivity index (χ3v) is 6.95. The molecule has 2 N–H and O–H groups in total. The number of nitrogens with one attached hydrogen (secondary N) is 1. The van der Waals surface area contributed by atoms with E-state index < -0.39 is 6.09 Å². The molecule has 9 nitrogen and oxygen atoms in total. The Bertz CT molecular complexity index is 868. The summed E-state index contributed by atoms with van der Waals surface area (Å²) >= 11 is 0. The van der Waals surface area contributed by atoms with Gasteiger partial charge in [0.2, 0.25) is 5.95 Å². The first kappa shape index (κ1) is 22.6. The topological polar surface area (TPSA) is 108 Å². The van der Waals surface area contributed by atoms with Crippen molar-refractivity contribution in [1.82, 2.24) is 14.9 Å². The highest BCUT2D eigenvalue weighted by molar-refractivity contribution is 5.70. The maximum absolute atomic E-state index is 12.0. The van der Waals surface area contributed by atoms with Crippen molar-refractivity contribution in [3.05, 3.63) is 11.3 Å². The summed E-state index contributed by atoms with van der Waals surface area (Å²) in [6, 6.07) is -0.0445. The summed E-state index contributed by atoms with van der Waals surface area (Å²) in [4.78, 5) is 36.8. The highest BCUT2D eigenvalue weighted by Crippen LogP contribution is 2.41. The van der Waals surface area contributed by atoms with Crippen LogP contribution in [0.2, 0.25) is 0 Å². The molecule has 2 saturated heterocycles. The van der Waals surface area contributed by atoms with Gasteiger partial charge in [-0.15, -0.1) is 0 Å². The fraction of sp³-hybridized carbons (Fsp3) is 0.739. The number of nitrogens with zero attached hydrogens (tertiary/aromatic N) is 4. The Kier molecular flexibility index (Phi) is 6.44. The molecule has 3 aliphatic rings. The number of carboxylic acid groups (broad SMARTS) is 1. The second-order valence-electron chi connectivity index (χ2n) is 10.1. The van der Waals surface area contributed by atoms with E-state index in [1.807, 2.05) is 0 Å². The number of carbonyl (C=O) groups excluding carboxylic acids is 1. The van der Waals surface area contributed by atoms with Gasteiger partial charge in [-0.1, -0.05) is 13.8 Å². The van der Waals surface area contributed by atoms with E-state index in [1.54, 1.807) is 0 Å². The fourth-order valence-corrected chi connectivity index (χ4v) is 5.34. The van der Waals surface area contributed by atoms with Gasteiger partial charge in [0.25, 0.3) is 0 Å². The zero-order valence-corrected chi connectivity index (χ0v) is 19.4. The lowest BCUT2D eigenvalue weighted by atomic mass is 9.79. The Balaban J connectivity index is 1.55. The summed E-state index contributed by atoms with van der Waals surface area (Å²) in [6.45, 7) is 7.09. The molecular weight excluding hydrogens is 410 g/mol. The number of amides is 1. The SMILES string of the molecule is COC(=O)C[C@H](CC(C)C)Nc1nc(N2CCC3(CN(C(=O)O)C3)C2)nc2c1CCCC2. The zero-order chi connectivity index (χ0) is 22.9. The molecule has 0 unspecified atom stereocenters. The average Bonchev–Trinajstić information content (AvgIpc) is 3.18. The van der Waals surface area contributed by atoms with Crippen molar-refractivity contribution in [2.45, 2.75) is 64.8 Å².